The highest BCUT2D eigenvalue weighted by Crippen LogP contribution is 2.62. The number of aliphatic hydroxyl groups excluding tert-OH is 3. The number of unbranched alkanes of at least 4 members (excludes halogenated alkanes) is 2. The van der Waals surface area contributed by atoms with E-state index in [1.54, 1.807) is 13.2 Å². The first-order chi connectivity index (χ1) is 28.9. The molecule has 1 aromatic heterocycles. The number of pyridine rings is 1. The molecule has 1 amide bonds. The molecule has 3 aliphatic carbocycles. The Hall–Kier alpha value is -3.81. The summed E-state index contributed by atoms with van der Waals surface area (Å²) in [6.45, 7) is 7.31. The van der Waals surface area contributed by atoms with Gasteiger partial charge in [-0.2, -0.15) is 0 Å². The summed E-state index contributed by atoms with van der Waals surface area (Å²) in [4.78, 5) is 26.9. The zero-order valence-electron chi connectivity index (χ0n) is 35.3. The van der Waals surface area contributed by atoms with Crippen molar-refractivity contribution in [2.24, 2.45) is 28.8 Å². The Morgan fingerprint density at radius 3 is 2.56 bits per heavy atom. The van der Waals surface area contributed by atoms with Crippen LogP contribution in [0.25, 0.3) is 0 Å². The van der Waals surface area contributed by atoms with Gasteiger partial charge in [-0.05, 0) is 92.7 Å². The second-order valence-corrected chi connectivity index (χ2v) is 16.6. The number of amides is 1. The Kier molecular flexibility index (Phi) is 16.8. The molecule has 324 valence electrons. The second kappa shape index (κ2) is 22.2. The lowest BCUT2D eigenvalue weighted by Crippen LogP contribution is -2.70. The Labute approximate surface area is 350 Å². The highest BCUT2D eigenvalue weighted by atomic mass is 16.7. The fourth-order valence-electron chi connectivity index (χ4n) is 10.2. The Morgan fingerprint density at radius 1 is 1.03 bits per heavy atom. The average molecular weight is 818 g/mol. The first-order valence-electron chi connectivity index (χ1n) is 22.0. The van der Waals surface area contributed by atoms with Gasteiger partial charge in [-0.1, -0.05) is 61.9 Å². The predicted octanol–water partition coefficient (Wildman–Crippen LogP) is 7.04. The Bertz CT molecular complexity index is 1730. The molecule has 3 N–H and O–H groups in total. The van der Waals surface area contributed by atoms with E-state index in [1.807, 2.05) is 42.2 Å². The van der Waals surface area contributed by atoms with Crippen LogP contribution >= 0.6 is 0 Å². The molecule has 6 atom stereocenters. The van der Waals surface area contributed by atoms with E-state index < -0.39 is 17.7 Å². The molecule has 6 rings (SSSR count). The Morgan fingerprint density at radius 2 is 1.83 bits per heavy atom. The molecule has 0 bridgehead atoms. The normalized spacial score (nSPS) is 25.5. The van der Waals surface area contributed by atoms with Gasteiger partial charge in [0.15, 0.2) is 0 Å². The van der Waals surface area contributed by atoms with Crippen molar-refractivity contribution in [2.75, 3.05) is 53.3 Å². The quantitative estimate of drug-likeness (QED) is 0.0572. The zero-order chi connectivity index (χ0) is 41.6. The van der Waals surface area contributed by atoms with Gasteiger partial charge in [-0.15, -0.1) is 6.58 Å². The summed E-state index contributed by atoms with van der Waals surface area (Å²) in [6, 6.07) is 11.3. The first kappa shape index (κ1) is 44.7. The number of allylic oxidation sites excluding steroid dienone is 1. The van der Waals surface area contributed by atoms with Crippen LogP contribution in [0.5, 0.6) is 11.5 Å². The third-order valence-electron chi connectivity index (χ3n) is 12.8. The van der Waals surface area contributed by atoms with Crippen LogP contribution in [0.4, 0.5) is 0 Å². The SMILES string of the molecule is C=CCO[C@@]12Oc3ccc(OCc4cccc(C)n4)cc3[C@H]3[C@H](CCCCO)[C@@H](CCCCO)C=C(C(=NOC)C[C@@H]1N(CCOCCO)C(=O)CCC1CCCC1)[C@H]32. The summed E-state index contributed by atoms with van der Waals surface area (Å²) < 4.78 is 26.7. The van der Waals surface area contributed by atoms with E-state index in [4.69, 9.17) is 28.9 Å². The number of oxime groups is 1. The number of carbonyl (C=O) groups is 1. The number of aryl methyl sites for hydroxylation is 1. The third-order valence-corrected chi connectivity index (χ3v) is 12.8. The minimum atomic E-state index is -1.34. The van der Waals surface area contributed by atoms with E-state index in [1.165, 1.54) is 12.8 Å². The maximum Gasteiger partial charge on any atom is 0.239 e. The molecule has 1 aliphatic heterocycles. The van der Waals surface area contributed by atoms with Gasteiger partial charge in [0.1, 0.15) is 31.3 Å². The van der Waals surface area contributed by atoms with Crippen LogP contribution in [0.15, 0.2) is 65.9 Å². The summed E-state index contributed by atoms with van der Waals surface area (Å²) in [5, 5.41) is 34.0. The van der Waals surface area contributed by atoms with Crippen molar-refractivity contribution in [2.45, 2.75) is 115 Å². The molecule has 59 heavy (non-hydrogen) atoms. The molecule has 2 fully saturated rings. The predicted molar refractivity (Wildman–Crippen MR) is 226 cm³/mol. The van der Waals surface area contributed by atoms with Gasteiger partial charge in [0.2, 0.25) is 11.7 Å². The lowest BCUT2D eigenvalue weighted by atomic mass is 9.55. The van der Waals surface area contributed by atoms with Crippen LogP contribution in [-0.2, 0) is 25.7 Å². The van der Waals surface area contributed by atoms with Crippen molar-refractivity contribution in [3.8, 4) is 11.5 Å². The summed E-state index contributed by atoms with van der Waals surface area (Å²) >= 11 is 0. The number of hydrogen-bond acceptors (Lipinski definition) is 11. The number of carbonyl (C=O) groups excluding carboxylic acids is 1. The van der Waals surface area contributed by atoms with Gasteiger partial charge in [0.25, 0.3) is 0 Å². The molecule has 0 unspecified atom stereocenters. The summed E-state index contributed by atoms with van der Waals surface area (Å²) in [5.41, 5.74) is 4.49. The van der Waals surface area contributed by atoms with Gasteiger partial charge >= 0.3 is 0 Å². The molecule has 2 heterocycles. The fraction of sp³-hybridized carbons (Fsp3) is 0.638. The molecule has 12 heteroatoms. The Balaban J connectivity index is 1.51. The van der Waals surface area contributed by atoms with E-state index in [0.29, 0.717) is 49.7 Å². The molecule has 0 saturated heterocycles. The minimum absolute atomic E-state index is 0.0110. The van der Waals surface area contributed by atoms with Crippen LogP contribution in [0.3, 0.4) is 0 Å². The summed E-state index contributed by atoms with van der Waals surface area (Å²) in [5.74, 6) is 0.215. The standard InChI is InChI=1S/C47H67N3O9/c1-4-26-58-47-43(50(22-27-56-28-25-53)44(54)21-18-34-13-5-6-14-34)31-41(49-55-3)39-29-35(15-7-9-23-51)38(17-8-10-24-52)45(46(39)47)40-30-37(19-20-42(40)59-47)57-32-36-16-11-12-33(2)48-36/h4,11-12,16,19-20,29-30,34-35,38,43,45-46,51-53H,1,5-10,13-15,17-18,21-28,31-32H2,2-3H3/t35-,38+,43-,45+,46+,47+/m0/s1. The van der Waals surface area contributed by atoms with Crippen molar-refractivity contribution in [1.82, 2.24) is 9.88 Å². The molecule has 12 nitrogen and oxygen atoms in total. The van der Waals surface area contributed by atoms with Gasteiger partial charge in [-0.25, -0.2) is 0 Å². The smallest absolute Gasteiger partial charge is 0.239 e. The summed E-state index contributed by atoms with van der Waals surface area (Å²) in [6.07, 6.45) is 15.1. The van der Waals surface area contributed by atoms with Crippen molar-refractivity contribution in [3.63, 3.8) is 0 Å². The number of fused-ring (bicyclic) bond motifs is 2. The lowest BCUT2D eigenvalue weighted by Gasteiger charge is -2.60. The second-order valence-electron chi connectivity index (χ2n) is 16.6. The number of rotatable bonds is 24. The van der Waals surface area contributed by atoms with Gasteiger partial charge in [-0.3, -0.25) is 9.78 Å². The molecule has 0 spiro atoms. The van der Waals surface area contributed by atoms with Gasteiger partial charge < -0.3 is 44.0 Å². The van der Waals surface area contributed by atoms with Crippen LogP contribution < -0.4 is 9.47 Å². The summed E-state index contributed by atoms with van der Waals surface area (Å²) in [7, 11) is 1.56. The van der Waals surface area contributed by atoms with E-state index >= 15 is 0 Å². The van der Waals surface area contributed by atoms with Gasteiger partial charge in [0.05, 0.1) is 43.8 Å². The van der Waals surface area contributed by atoms with E-state index in [2.05, 4.69) is 23.7 Å². The monoisotopic (exact) mass is 817 g/mol. The van der Waals surface area contributed by atoms with E-state index in [-0.39, 0.29) is 69.8 Å². The molecule has 1 aromatic carbocycles. The third kappa shape index (κ3) is 10.7. The van der Waals surface area contributed by atoms with Crippen molar-refractivity contribution >= 4 is 11.6 Å². The molecular formula is C47H67N3O9. The largest absolute Gasteiger partial charge is 0.487 e. The van der Waals surface area contributed by atoms with Crippen molar-refractivity contribution < 1.29 is 43.9 Å². The molecule has 0 radical (unpaired) electrons. The number of aromatic nitrogens is 1. The van der Waals surface area contributed by atoms with Crippen LogP contribution in [0.2, 0.25) is 0 Å². The van der Waals surface area contributed by atoms with Crippen molar-refractivity contribution in [1.29, 1.82) is 0 Å². The zero-order valence-corrected chi connectivity index (χ0v) is 35.3. The van der Waals surface area contributed by atoms with Crippen LogP contribution in [-0.4, -0.2) is 102 Å². The highest BCUT2D eigenvalue weighted by molar-refractivity contribution is 6.03. The molecule has 2 saturated carbocycles. The number of nitrogens with zero attached hydrogens (tertiary/aromatic N) is 3. The number of aliphatic hydroxyl groups is 3. The van der Waals surface area contributed by atoms with E-state index in [0.717, 1.165) is 73.2 Å². The maximum atomic E-state index is 14.7. The lowest BCUT2D eigenvalue weighted by molar-refractivity contribution is -0.258. The number of benzene rings is 1. The highest BCUT2D eigenvalue weighted by Gasteiger charge is 2.65. The average Bonchev–Trinajstić information content (AvgIpc) is 3.77. The van der Waals surface area contributed by atoms with Gasteiger partial charge in [0, 0.05) is 49.8 Å². The van der Waals surface area contributed by atoms with Crippen LogP contribution in [0, 0.1) is 30.6 Å². The maximum absolute atomic E-state index is 14.7. The molecular weight excluding hydrogens is 751 g/mol. The molecule has 4 aliphatic rings. The molecule has 2 aromatic rings. The fourth-order valence-corrected chi connectivity index (χ4v) is 10.2. The van der Waals surface area contributed by atoms with Crippen LogP contribution in [0.1, 0.15) is 106 Å². The van der Waals surface area contributed by atoms with E-state index in [9.17, 15) is 20.1 Å². The minimum Gasteiger partial charge on any atom is -0.487 e. The topological polar surface area (TPSA) is 152 Å². The van der Waals surface area contributed by atoms with Crippen molar-refractivity contribution in [3.05, 3.63) is 77.7 Å². The first-order valence-corrected chi connectivity index (χ1v) is 22.0. The number of ether oxygens (including phenoxy) is 4. The number of hydrogen-bond donors (Lipinski definition) is 3.